The van der Waals surface area contributed by atoms with Crippen molar-refractivity contribution in [3.05, 3.63) is 29.0 Å². The normalized spacial score (nSPS) is 12.8. The van der Waals surface area contributed by atoms with E-state index in [0.717, 1.165) is 5.56 Å². The van der Waals surface area contributed by atoms with Crippen molar-refractivity contribution in [1.82, 2.24) is 10.3 Å². The summed E-state index contributed by atoms with van der Waals surface area (Å²) in [7, 11) is 0. The third-order valence-corrected chi connectivity index (χ3v) is 2.68. The van der Waals surface area contributed by atoms with Crippen LogP contribution in [0.3, 0.4) is 0 Å². The summed E-state index contributed by atoms with van der Waals surface area (Å²) in [6.45, 7) is 4.39. The van der Waals surface area contributed by atoms with Crippen molar-refractivity contribution in [2.24, 2.45) is 11.7 Å². The Balaban J connectivity index is 2.63. The molecule has 0 saturated carbocycles. The number of hydrogen-bond acceptors (Lipinski definition) is 3. The summed E-state index contributed by atoms with van der Waals surface area (Å²) >= 11 is 5.95. The Labute approximate surface area is 100 Å². The van der Waals surface area contributed by atoms with Gasteiger partial charge in [0.1, 0.15) is 0 Å². The maximum atomic E-state index is 11.2. The van der Waals surface area contributed by atoms with Crippen LogP contribution in [0.4, 0.5) is 0 Å². The lowest BCUT2D eigenvalue weighted by molar-refractivity contribution is -0.121. The van der Waals surface area contributed by atoms with Crippen LogP contribution < -0.4 is 11.1 Å². The van der Waals surface area contributed by atoms with Crippen LogP contribution in [-0.4, -0.2) is 16.9 Å². The fourth-order valence-electron chi connectivity index (χ4n) is 1.43. The number of pyridine rings is 1. The molecule has 3 N–H and O–H groups in total. The molecule has 88 valence electrons. The molecule has 0 fully saturated rings. The van der Waals surface area contributed by atoms with Crippen LogP contribution in [0.25, 0.3) is 0 Å². The van der Waals surface area contributed by atoms with Gasteiger partial charge in [0.25, 0.3) is 0 Å². The van der Waals surface area contributed by atoms with Crippen molar-refractivity contribution < 1.29 is 4.79 Å². The molecule has 0 spiro atoms. The van der Waals surface area contributed by atoms with Gasteiger partial charge in [-0.15, -0.1) is 0 Å². The number of carbonyl (C=O) groups is 1. The van der Waals surface area contributed by atoms with E-state index in [1.807, 2.05) is 19.9 Å². The summed E-state index contributed by atoms with van der Waals surface area (Å²) in [6, 6.07) is 1.47. The highest BCUT2D eigenvalue weighted by molar-refractivity contribution is 6.31. The first kappa shape index (κ1) is 12.9. The van der Waals surface area contributed by atoms with E-state index in [2.05, 4.69) is 10.3 Å². The Morgan fingerprint density at radius 2 is 2.31 bits per heavy atom. The topological polar surface area (TPSA) is 68.0 Å². The molecular formula is C11H16ClN3O. The highest BCUT2D eigenvalue weighted by atomic mass is 35.5. The second kappa shape index (κ2) is 5.82. The molecule has 0 aliphatic carbocycles. The molecule has 0 aromatic carbocycles. The standard InChI is InChI=1S/C11H16ClN3O/c1-7(2)10(11(13)16)15-5-8-3-4-14-6-9(8)12/h3-4,6-7,10,15H,5H2,1-2H3,(H2,13,16). The van der Waals surface area contributed by atoms with Crippen molar-refractivity contribution in [2.75, 3.05) is 0 Å². The quantitative estimate of drug-likeness (QED) is 0.817. The number of nitrogens with zero attached hydrogens (tertiary/aromatic N) is 1. The van der Waals surface area contributed by atoms with Gasteiger partial charge in [-0.05, 0) is 17.5 Å². The third-order valence-electron chi connectivity index (χ3n) is 2.34. The molecule has 1 heterocycles. The van der Waals surface area contributed by atoms with Gasteiger partial charge in [-0.2, -0.15) is 0 Å². The number of nitrogens with two attached hydrogens (primary N) is 1. The first-order chi connectivity index (χ1) is 7.52. The van der Waals surface area contributed by atoms with Crippen LogP contribution in [0, 0.1) is 5.92 Å². The Hall–Kier alpha value is -1.13. The van der Waals surface area contributed by atoms with Crippen molar-refractivity contribution in [3.8, 4) is 0 Å². The lowest BCUT2D eigenvalue weighted by atomic mass is 10.0. The average molecular weight is 242 g/mol. The highest BCUT2D eigenvalue weighted by Crippen LogP contribution is 2.13. The minimum absolute atomic E-state index is 0.151. The molecule has 0 radical (unpaired) electrons. The van der Waals surface area contributed by atoms with Crippen molar-refractivity contribution >= 4 is 17.5 Å². The monoisotopic (exact) mass is 241 g/mol. The van der Waals surface area contributed by atoms with E-state index < -0.39 is 0 Å². The molecule has 1 aromatic heterocycles. The Morgan fingerprint density at radius 1 is 1.62 bits per heavy atom. The van der Waals surface area contributed by atoms with E-state index in [0.29, 0.717) is 11.6 Å². The van der Waals surface area contributed by atoms with Gasteiger partial charge in [0.2, 0.25) is 5.91 Å². The number of nitrogens with one attached hydrogen (secondary N) is 1. The summed E-state index contributed by atoms with van der Waals surface area (Å²) in [5, 5.41) is 3.67. The molecule has 1 aromatic rings. The lowest BCUT2D eigenvalue weighted by Crippen LogP contribution is -2.44. The summed E-state index contributed by atoms with van der Waals surface area (Å²) < 4.78 is 0. The minimum Gasteiger partial charge on any atom is -0.368 e. The second-order valence-electron chi connectivity index (χ2n) is 3.97. The zero-order chi connectivity index (χ0) is 12.1. The smallest absolute Gasteiger partial charge is 0.234 e. The van der Waals surface area contributed by atoms with Gasteiger partial charge in [-0.25, -0.2) is 0 Å². The van der Waals surface area contributed by atoms with Crippen LogP contribution in [0.2, 0.25) is 5.02 Å². The summed E-state index contributed by atoms with van der Waals surface area (Å²) in [5.74, 6) is -0.196. The van der Waals surface area contributed by atoms with Gasteiger partial charge in [0.15, 0.2) is 0 Å². The van der Waals surface area contributed by atoms with Crippen LogP contribution in [0.5, 0.6) is 0 Å². The predicted molar refractivity (Wildman–Crippen MR) is 63.9 cm³/mol. The zero-order valence-electron chi connectivity index (χ0n) is 9.40. The maximum absolute atomic E-state index is 11.2. The van der Waals surface area contributed by atoms with Crippen LogP contribution in [0.1, 0.15) is 19.4 Å². The van der Waals surface area contributed by atoms with E-state index in [1.54, 1.807) is 12.4 Å². The molecule has 16 heavy (non-hydrogen) atoms. The number of rotatable bonds is 5. The van der Waals surface area contributed by atoms with Crippen LogP contribution >= 0.6 is 11.6 Å². The number of hydrogen-bond donors (Lipinski definition) is 2. The summed E-state index contributed by atoms with van der Waals surface area (Å²) in [5.41, 5.74) is 6.20. The van der Waals surface area contributed by atoms with Crippen LogP contribution in [-0.2, 0) is 11.3 Å². The Kier molecular flexibility index (Phi) is 4.71. The molecular weight excluding hydrogens is 226 g/mol. The molecule has 5 heteroatoms. The van der Waals surface area contributed by atoms with Crippen molar-refractivity contribution in [3.63, 3.8) is 0 Å². The van der Waals surface area contributed by atoms with Crippen molar-refractivity contribution in [2.45, 2.75) is 26.4 Å². The van der Waals surface area contributed by atoms with Gasteiger partial charge in [0.05, 0.1) is 11.1 Å². The minimum atomic E-state index is -0.347. The largest absolute Gasteiger partial charge is 0.368 e. The van der Waals surface area contributed by atoms with Gasteiger partial charge >= 0.3 is 0 Å². The number of carbonyl (C=O) groups excluding carboxylic acids is 1. The fourth-order valence-corrected chi connectivity index (χ4v) is 1.62. The molecule has 1 rings (SSSR count). The third kappa shape index (κ3) is 3.47. The molecule has 0 aliphatic heterocycles. The number of primary amides is 1. The van der Waals surface area contributed by atoms with Gasteiger partial charge < -0.3 is 11.1 Å². The second-order valence-corrected chi connectivity index (χ2v) is 4.38. The van der Waals surface area contributed by atoms with E-state index >= 15 is 0 Å². The van der Waals surface area contributed by atoms with Crippen LogP contribution in [0.15, 0.2) is 18.5 Å². The molecule has 0 bridgehead atoms. The number of halogens is 1. The van der Waals surface area contributed by atoms with E-state index in [1.165, 1.54) is 0 Å². The maximum Gasteiger partial charge on any atom is 0.234 e. The SMILES string of the molecule is CC(C)C(NCc1ccncc1Cl)C(N)=O. The zero-order valence-corrected chi connectivity index (χ0v) is 10.2. The van der Waals surface area contributed by atoms with Gasteiger partial charge in [-0.3, -0.25) is 9.78 Å². The first-order valence-corrected chi connectivity index (χ1v) is 5.51. The Bertz CT molecular complexity index is 368. The van der Waals surface area contributed by atoms with E-state index in [9.17, 15) is 4.79 Å². The van der Waals surface area contributed by atoms with Gasteiger partial charge in [0, 0.05) is 18.9 Å². The molecule has 0 aliphatic rings. The fraction of sp³-hybridized carbons (Fsp3) is 0.455. The lowest BCUT2D eigenvalue weighted by Gasteiger charge is -2.19. The Morgan fingerprint density at radius 3 is 2.81 bits per heavy atom. The van der Waals surface area contributed by atoms with E-state index in [-0.39, 0.29) is 17.9 Å². The van der Waals surface area contributed by atoms with Gasteiger partial charge in [-0.1, -0.05) is 25.4 Å². The molecule has 1 atom stereocenters. The summed E-state index contributed by atoms with van der Waals surface area (Å²) in [6.07, 6.45) is 3.24. The number of aromatic nitrogens is 1. The molecule has 1 amide bonds. The molecule has 4 nitrogen and oxygen atoms in total. The average Bonchev–Trinajstić information content (AvgIpc) is 2.20. The highest BCUT2D eigenvalue weighted by Gasteiger charge is 2.18. The molecule has 1 unspecified atom stereocenters. The molecule has 0 saturated heterocycles. The van der Waals surface area contributed by atoms with Crippen molar-refractivity contribution in [1.29, 1.82) is 0 Å². The summed E-state index contributed by atoms with van der Waals surface area (Å²) in [4.78, 5) is 15.1. The van der Waals surface area contributed by atoms with E-state index in [4.69, 9.17) is 17.3 Å². The first-order valence-electron chi connectivity index (χ1n) is 5.13. The number of amides is 1. The predicted octanol–water partition coefficient (Wildman–Crippen LogP) is 1.33.